The number of carbonyl (C=O) groups excluding carboxylic acids is 1. The van der Waals surface area contributed by atoms with Gasteiger partial charge in [0.15, 0.2) is 9.84 Å². The van der Waals surface area contributed by atoms with Crippen molar-refractivity contribution < 1.29 is 17.6 Å². The summed E-state index contributed by atoms with van der Waals surface area (Å²) in [5.41, 5.74) is 0.919. The van der Waals surface area contributed by atoms with Crippen molar-refractivity contribution in [2.75, 3.05) is 11.5 Å². The second kappa shape index (κ2) is 7.05. The van der Waals surface area contributed by atoms with E-state index in [1.807, 2.05) is 30.3 Å². The largest absolute Gasteiger partial charge is 0.467 e. The van der Waals surface area contributed by atoms with E-state index in [1.165, 1.54) is 6.08 Å². The molecule has 2 aromatic rings. The maximum absolute atomic E-state index is 12.6. The standard InChI is InChI=1S/C18H19NO4S/c20-18(9-8-15-5-2-1-3-6-15)19(13-17-7-4-11-23-17)16-10-12-24(21,22)14-16/h1-9,11,16H,10,12-14H2/b9-8+/t16-/m1/s1. The predicted molar refractivity (Wildman–Crippen MR) is 91.8 cm³/mol. The molecule has 1 aliphatic heterocycles. The van der Waals surface area contributed by atoms with Gasteiger partial charge < -0.3 is 9.32 Å². The highest BCUT2D eigenvalue weighted by atomic mass is 32.2. The Balaban J connectivity index is 1.78. The highest BCUT2D eigenvalue weighted by Gasteiger charge is 2.34. The van der Waals surface area contributed by atoms with E-state index in [2.05, 4.69) is 0 Å². The molecule has 1 aromatic carbocycles. The van der Waals surface area contributed by atoms with Gasteiger partial charge in [0.05, 0.1) is 24.3 Å². The molecule has 1 aliphatic rings. The van der Waals surface area contributed by atoms with E-state index in [1.54, 1.807) is 29.4 Å². The number of amides is 1. The van der Waals surface area contributed by atoms with Gasteiger partial charge in [-0.1, -0.05) is 30.3 Å². The van der Waals surface area contributed by atoms with Gasteiger partial charge in [0.25, 0.3) is 0 Å². The zero-order valence-corrected chi connectivity index (χ0v) is 14.0. The van der Waals surface area contributed by atoms with E-state index < -0.39 is 9.84 Å². The fourth-order valence-electron chi connectivity index (χ4n) is 2.81. The number of rotatable bonds is 5. The van der Waals surface area contributed by atoms with Gasteiger partial charge in [-0.2, -0.15) is 0 Å². The van der Waals surface area contributed by atoms with Gasteiger partial charge in [0.2, 0.25) is 5.91 Å². The van der Waals surface area contributed by atoms with Crippen LogP contribution in [0.3, 0.4) is 0 Å². The molecule has 3 rings (SSSR count). The van der Waals surface area contributed by atoms with Crippen molar-refractivity contribution in [3.8, 4) is 0 Å². The second-order valence-electron chi connectivity index (χ2n) is 5.85. The summed E-state index contributed by atoms with van der Waals surface area (Å²) >= 11 is 0. The fourth-order valence-corrected chi connectivity index (χ4v) is 4.54. The van der Waals surface area contributed by atoms with E-state index >= 15 is 0 Å². The maximum Gasteiger partial charge on any atom is 0.247 e. The van der Waals surface area contributed by atoms with Gasteiger partial charge in [-0.25, -0.2) is 8.42 Å². The molecule has 126 valence electrons. The average Bonchev–Trinajstić information content (AvgIpc) is 3.20. The van der Waals surface area contributed by atoms with Crippen molar-refractivity contribution in [2.45, 2.75) is 19.0 Å². The lowest BCUT2D eigenvalue weighted by Crippen LogP contribution is -2.39. The van der Waals surface area contributed by atoms with Crippen LogP contribution in [0.5, 0.6) is 0 Å². The molecule has 0 bridgehead atoms. The van der Waals surface area contributed by atoms with Gasteiger partial charge in [-0.3, -0.25) is 4.79 Å². The minimum Gasteiger partial charge on any atom is -0.467 e. The van der Waals surface area contributed by atoms with Crippen LogP contribution in [0.4, 0.5) is 0 Å². The van der Waals surface area contributed by atoms with Gasteiger partial charge >= 0.3 is 0 Å². The van der Waals surface area contributed by atoms with Crippen molar-refractivity contribution in [3.63, 3.8) is 0 Å². The molecule has 1 aromatic heterocycles. The molecular weight excluding hydrogens is 326 g/mol. The van der Waals surface area contributed by atoms with Crippen molar-refractivity contribution in [2.24, 2.45) is 0 Å². The molecule has 0 radical (unpaired) electrons. The molecule has 5 nitrogen and oxygen atoms in total. The molecule has 0 spiro atoms. The zero-order valence-electron chi connectivity index (χ0n) is 13.2. The highest BCUT2D eigenvalue weighted by Crippen LogP contribution is 2.21. The Hall–Kier alpha value is -2.34. The molecule has 2 heterocycles. The number of carbonyl (C=O) groups is 1. The van der Waals surface area contributed by atoms with Gasteiger partial charge in [-0.05, 0) is 30.2 Å². The summed E-state index contributed by atoms with van der Waals surface area (Å²) in [4.78, 5) is 14.2. The topological polar surface area (TPSA) is 67.6 Å². The van der Waals surface area contributed by atoms with Crippen LogP contribution in [-0.4, -0.2) is 36.8 Å². The van der Waals surface area contributed by atoms with Crippen molar-refractivity contribution in [3.05, 3.63) is 66.1 Å². The summed E-state index contributed by atoms with van der Waals surface area (Å²) in [6.45, 7) is 0.269. The van der Waals surface area contributed by atoms with E-state index in [9.17, 15) is 13.2 Å². The summed E-state index contributed by atoms with van der Waals surface area (Å²) in [6, 6.07) is 12.7. The first-order chi connectivity index (χ1) is 11.5. The first-order valence-corrected chi connectivity index (χ1v) is 9.62. The summed E-state index contributed by atoms with van der Waals surface area (Å²) in [5, 5.41) is 0. The van der Waals surface area contributed by atoms with Gasteiger partial charge in [0.1, 0.15) is 5.76 Å². The molecule has 0 N–H and O–H groups in total. The number of nitrogens with zero attached hydrogens (tertiary/aromatic N) is 1. The molecular formula is C18H19NO4S. The molecule has 24 heavy (non-hydrogen) atoms. The normalized spacial score (nSPS) is 19.6. The monoisotopic (exact) mass is 345 g/mol. The Morgan fingerprint density at radius 3 is 2.62 bits per heavy atom. The Kier molecular flexibility index (Phi) is 4.85. The Morgan fingerprint density at radius 1 is 1.21 bits per heavy atom. The number of benzene rings is 1. The second-order valence-corrected chi connectivity index (χ2v) is 8.08. The van der Waals surface area contributed by atoms with Crippen molar-refractivity contribution in [1.82, 2.24) is 4.90 Å². The van der Waals surface area contributed by atoms with E-state index in [0.29, 0.717) is 12.2 Å². The first kappa shape index (κ1) is 16.5. The quantitative estimate of drug-likeness (QED) is 0.781. The predicted octanol–water partition coefficient (Wildman–Crippen LogP) is 2.51. The van der Waals surface area contributed by atoms with E-state index in [0.717, 1.165) is 5.56 Å². The van der Waals surface area contributed by atoms with Gasteiger partial charge in [-0.15, -0.1) is 0 Å². The molecule has 0 aliphatic carbocycles. The van der Waals surface area contributed by atoms with Crippen LogP contribution in [0.15, 0.2) is 59.2 Å². The molecule has 1 amide bonds. The summed E-state index contributed by atoms with van der Waals surface area (Å²) in [7, 11) is -3.07. The zero-order chi connectivity index (χ0) is 17.0. The SMILES string of the molecule is O=C(/C=C/c1ccccc1)N(Cc1ccco1)[C@@H]1CCS(=O)(=O)C1. The van der Waals surface area contributed by atoms with Gasteiger partial charge in [0, 0.05) is 12.1 Å². The minimum atomic E-state index is -3.07. The fraction of sp³-hybridized carbons (Fsp3) is 0.278. The van der Waals surface area contributed by atoms with Crippen LogP contribution < -0.4 is 0 Å². The van der Waals surface area contributed by atoms with Crippen LogP contribution in [0.2, 0.25) is 0 Å². The average molecular weight is 345 g/mol. The first-order valence-electron chi connectivity index (χ1n) is 7.80. The third-order valence-electron chi connectivity index (χ3n) is 4.06. The summed E-state index contributed by atoms with van der Waals surface area (Å²) < 4.78 is 28.9. The number of sulfone groups is 1. The third kappa shape index (κ3) is 4.14. The summed E-state index contributed by atoms with van der Waals surface area (Å²) in [6.07, 6.45) is 5.24. The smallest absolute Gasteiger partial charge is 0.247 e. The molecule has 6 heteroatoms. The lowest BCUT2D eigenvalue weighted by molar-refractivity contribution is -0.128. The molecule has 0 saturated carbocycles. The molecule has 1 saturated heterocycles. The third-order valence-corrected chi connectivity index (χ3v) is 5.81. The number of hydrogen-bond donors (Lipinski definition) is 0. The van der Waals surface area contributed by atoms with Crippen LogP contribution in [0, 0.1) is 0 Å². The van der Waals surface area contributed by atoms with Crippen LogP contribution in [0.25, 0.3) is 6.08 Å². The molecule has 1 fully saturated rings. The van der Waals surface area contributed by atoms with Crippen LogP contribution in [-0.2, 0) is 21.2 Å². The van der Waals surface area contributed by atoms with Crippen LogP contribution >= 0.6 is 0 Å². The number of hydrogen-bond acceptors (Lipinski definition) is 4. The number of furan rings is 1. The molecule has 1 atom stereocenters. The Morgan fingerprint density at radius 2 is 2.00 bits per heavy atom. The Labute approximate surface area is 141 Å². The van der Waals surface area contributed by atoms with E-state index in [-0.39, 0.29) is 30.0 Å². The molecule has 0 unspecified atom stereocenters. The Bertz CT molecular complexity index is 810. The maximum atomic E-state index is 12.6. The highest BCUT2D eigenvalue weighted by molar-refractivity contribution is 7.91. The van der Waals surface area contributed by atoms with Crippen molar-refractivity contribution in [1.29, 1.82) is 0 Å². The van der Waals surface area contributed by atoms with Crippen molar-refractivity contribution >= 4 is 21.8 Å². The lowest BCUT2D eigenvalue weighted by atomic mass is 10.2. The van der Waals surface area contributed by atoms with Crippen LogP contribution in [0.1, 0.15) is 17.7 Å². The minimum absolute atomic E-state index is 0.0125. The summed E-state index contributed by atoms with van der Waals surface area (Å²) in [5.74, 6) is 0.568. The van der Waals surface area contributed by atoms with E-state index in [4.69, 9.17) is 4.42 Å². The lowest BCUT2D eigenvalue weighted by Gasteiger charge is -2.26.